The zero-order chi connectivity index (χ0) is 20.0. The minimum absolute atomic E-state index is 0.0106. The molecule has 0 unspecified atom stereocenters. The van der Waals surface area contributed by atoms with Crippen molar-refractivity contribution in [1.82, 2.24) is 15.5 Å². The van der Waals surface area contributed by atoms with Crippen molar-refractivity contribution in [2.45, 2.75) is 84.7 Å². The summed E-state index contributed by atoms with van der Waals surface area (Å²) in [6.45, 7) is 9.13. The average molecular weight is 380 g/mol. The van der Waals surface area contributed by atoms with E-state index in [2.05, 4.69) is 10.6 Å². The van der Waals surface area contributed by atoms with Crippen LogP contribution in [0.3, 0.4) is 0 Å². The Kier molecular flexibility index (Phi) is 8.11. The van der Waals surface area contributed by atoms with E-state index >= 15 is 0 Å². The molecule has 1 saturated heterocycles. The number of nitrogens with zero attached hydrogens (tertiary/aromatic N) is 1. The lowest BCUT2D eigenvalue weighted by Crippen LogP contribution is -2.55. The number of likely N-dealkylation sites (tertiary alicyclic amines) is 1. The molecule has 1 saturated carbocycles. The van der Waals surface area contributed by atoms with E-state index in [4.69, 9.17) is 0 Å². The third kappa shape index (κ3) is 6.22. The highest BCUT2D eigenvalue weighted by Crippen LogP contribution is 2.24. The summed E-state index contributed by atoms with van der Waals surface area (Å²) >= 11 is 0. The molecule has 2 N–H and O–H groups in total. The van der Waals surface area contributed by atoms with E-state index in [1.807, 2.05) is 32.6 Å². The summed E-state index contributed by atoms with van der Waals surface area (Å²) in [5.74, 6) is 0.220. The van der Waals surface area contributed by atoms with Crippen molar-refractivity contribution in [3.05, 3.63) is 0 Å². The third-order valence-electron chi connectivity index (χ3n) is 5.87. The number of carbonyl (C=O) groups is 3. The second-order valence-electron chi connectivity index (χ2n) is 8.83. The van der Waals surface area contributed by atoms with Crippen LogP contribution in [0.15, 0.2) is 0 Å². The Morgan fingerprint density at radius 3 is 2.00 bits per heavy atom. The highest BCUT2D eigenvalue weighted by Gasteiger charge is 2.31. The molecule has 1 aliphatic carbocycles. The number of piperidine rings is 1. The maximum atomic E-state index is 12.8. The number of amides is 3. The van der Waals surface area contributed by atoms with E-state index in [0.29, 0.717) is 13.1 Å². The molecule has 0 spiro atoms. The lowest BCUT2D eigenvalue weighted by atomic mass is 9.88. The van der Waals surface area contributed by atoms with Crippen molar-refractivity contribution in [3.8, 4) is 0 Å². The highest BCUT2D eigenvalue weighted by molar-refractivity contribution is 5.89. The predicted molar refractivity (Wildman–Crippen MR) is 106 cm³/mol. The molecule has 2 aliphatic rings. The van der Waals surface area contributed by atoms with Crippen LogP contribution in [0.4, 0.5) is 0 Å². The largest absolute Gasteiger partial charge is 0.351 e. The smallest absolute Gasteiger partial charge is 0.243 e. The van der Waals surface area contributed by atoms with Gasteiger partial charge in [-0.25, -0.2) is 0 Å². The number of rotatable bonds is 6. The second-order valence-corrected chi connectivity index (χ2v) is 8.83. The number of nitrogens with one attached hydrogen (secondary N) is 2. The van der Waals surface area contributed by atoms with Gasteiger partial charge in [0.05, 0.1) is 0 Å². The average Bonchev–Trinajstić information content (AvgIpc) is 2.66. The van der Waals surface area contributed by atoms with Gasteiger partial charge in [-0.2, -0.15) is 0 Å². The van der Waals surface area contributed by atoms with E-state index in [1.165, 1.54) is 6.42 Å². The van der Waals surface area contributed by atoms with Gasteiger partial charge in [0.25, 0.3) is 0 Å². The molecule has 154 valence electrons. The van der Waals surface area contributed by atoms with Gasteiger partial charge in [0, 0.05) is 31.0 Å². The van der Waals surface area contributed by atoms with Gasteiger partial charge in [-0.05, 0) is 31.6 Å². The molecule has 6 heteroatoms. The zero-order valence-electron chi connectivity index (χ0n) is 17.4. The first-order valence-electron chi connectivity index (χ1n) is 10.7. The molecule has 3 amide bonds. The quantitative estimate of drug-likeness (QED) is 0.744. The fraction of sp³-hybridized carbons (Fsp3) is 0.857. The van der Waals surface area contributed by atoms with Gasteiger partial charge in [0.1, 0.15) is 6.04 Å². The minimum Gasteiger partial charge on any atom is -0.351 e. The van der Waals surface area contributed by atoms with E-state index in [-0.39, 0.29) is 41.5 Å². The first-order chi connectivity index (χ1) is 12.8. The first-order valence-corrected chi connectivity index (χ1v) is 10.7. The fourth-order valence-corrected chi connectivity index (χ4v) is 4.07. The lowest BCUT2D eigenvalue weighted by molar-refractivity contribution is -0.136. The summed E-state index contributed by atoms with van der Waals surface area (Å²) in [5, 5.41) is 6.11. The van der Waals surface area contributed by atoms with Crippen LogP contribution in [0.2, 0.25) is 0 Å². The fourth-order valence-electron chi connectivity index (χ4n) is 4.07. The van der Waals surface area contributed by atoms with Crippen LogP contribution < -0.4 is 10.6 Å². The Labute approximate surface area is 163 Å². The summed E-state index contributed by atoms with van der Waals surface area (Å²) in [6.07, 6.45) is 6.81. The van der Waals surface area contributed by atoms with E-state index in [0.717, 1.165) is 38.5 Å². The number of carbonyl (C=O) groups excluding carboxylic acids is 3. The Balaban J connectivity index is 1.84. The lowest BCUT2D eigenvalue weighted by Gasteiger charge is -2.34. The van der Waals surface area contributed by atoms with Gasteiger partial charge in [0.2, 0.25) is 17.7 Å². The molecular formula is C21H37N3O3. The van der Waals surface area contributed by atoms with Gasteiger partial charge in [-0.1, -0.05) is 47.0 Å². The Morgan fingerprint density at radius 1 is 0.889 bits per heavy atom. The second kappa shape index (κ2) is 10.1. The van der Waals surface area contributed by atoms with Gasteiger partial charge < -0.3 is 15.5 Å². The molecular weight excluding hydrogens is 342 g/mol. The molecule has 0 aromatic rings. The van der Waals surface area contributed by atoms with Crippen LogP contribution in [0.5, 0.6) is 0 Å². The molecule has 0 bridgehead atoms. The molecule has 1 heterocycles. The molecule has 6 nitrogen and oxygen atoms in total. The van der Waals surface area contributed by atoms with Gasteiger partial charge in [-0.3, -0.25) is 14.4 Å². The van der Waals surface area contributed by atoms with Crippen LogP contribution in [0.25, 0.3) is 0 Å². The normalized spacial score (nSPS) is 20.6. The van der Waals surface area contributed by atoms with Crippen LogP contribution >= 0.6 is 0 Å². The highest BCUT2D eigenvalue weighted by atomic mass is 16.2. The maximum Gasteiger partial charge on any atom is 0.243 e. The van der Waals surface area contributed by atoms with Crippen molar-refractivity contribution >= 4 is 17.7 Å². The standard InChI is InChI=1S/C21H37N3O3/c1-14(2)18(23-19(25)16-8-6-5-7-9-16)20(26)22-17-10-12-24(13-11-17)21(27)15(3)4/h14-18H,5-13H2,1-4H3,(H,22,26)(H,23,25)/t18-/m1/s1. The van der Waals surface area contributed by atoms with Gasteiger partial charge in [-0.15, -0.1) is 0 Å². The maximum absolute atomic E-state index is 12.8. The van der Waals surface area contributed by atoms with Gasteiger partial charge in [0.15, 0.2) is 0 Å². The molecule has 0 aromatic carbocycles. The Bertz CT molecular complexity index is 519. The zero-order valence-corrected chi connectivity index (χ0v) is 17.4. The van der Waals surface area contributed by atoms with Crippen molar-refractivity contribution in [1.29, 1.82) is 0 Å². The minimum atomic E-state index is -0.491. The van der Waals surface area contributed by atoms with E-state index in [1.54, 1.807) is 0 Å². The molecule has 0 radical (unpaired) electrons. The summed E-state index contributed by atoms with van der Waals surface area (Å²) in [7, 11) is 0. The summed E-state index contributed by atoms with van der Waals surface area (Å²) in [4.78, 5) is 39.3. The number of hydrogen-bond acceptors (Lipinski definition) is 3. The molecule has 0 aromatic heterocycles. The molecule has 2 fully saturated rings. The van der Waals surface area contributed by atoms with Crippen LogP contribution in [-0.4, -0.2) is 47.8 Å². The van der Waals surface area contributed by atoms with Gasteiger partial charge >= 0.3 is 0 Å². The summed E-state index contributed by atoms with van der Waals surface area (Å²) in [5.41, 5.74) is 0. The third-order valence-corrected chi connectivity index (χ3v) is 5.87. The Hall–Kier alpha value is -1.59. The Morgan fingerprint density at radius 2 is 1.48 bits per heavy atom. The van der Waals surface area contributed by atoms with Crippen LogP contribution in [-0.2, 0) is 14.4 Å². The van der Waals surface area contributed by atoms with E-state index in [9.17, 15) is 14.4 Å². The molecule has 1 atom stereocenters. The predicted octanol–water partition coefficient (Wildman–Crippen LogP) is 2.47. The molecule has 2 rings (SSSR count). The van der Waals surface area contributed by atoms with Crippen molar-refractivity contribution in [3.63, 3.8) is 0 Å². The topological polar surface area (TPSA) is 78.5 Å². The first kappa shape index (κ1) is 21.7. The summed E-state index contributed by atoms with van der Waals surface area (Å²) < 4.78 is 0. The SMILES string of the molecule is CC(C)C(=O)N1CCC(NC(=O)[C@H](NC(=O)C2CCCCC2)C(C)C)CC1. The number of hydrogen-bond donors (Lipinski definition) is 2. The van der Waals surface area contributed by atoms with Crippen LogP contribution in [0, 0.1) is 17.8 Å². The van der Waals surface area contributed by atoms with Crippen molar-refractivity contribution < 1.29 is 14.4 Å². The van der Waals surface area contributed by atoms with Crippen molar-refractivity contribution in [2.24, 2.45) is 17.8 Å². The monoisotopic (exact) mass is 379 g/mol. The molecule has 27 heavy (non-hydrogen) atoms. The van der Waals surface area contributed by atoms with Crippen molar-refractivity contribution in [2.75, 3.05) is 13.1 Å². The van der Waals surface area contributed by atoms with Crippen LogP contribution in [0.1, 0.15) is 72.6 Å². The summed E-state index contributed by atoms with van der Waals surface area (Å²) in [6, 6.07) is -0.420. The van der Waals surface area contributed by atoms with E-state index < -0.39 is 6.04 Å². The molecule has 1 aliphatic heterocycles.